The molecule has 2 rings (SSSR count). The number of hydrogen-bond acceptors (Lipinski definition) is 2. The first-order chi connectivity index (χ1) is 8.24. The molecule has 2 aromatic rings. The summed E-state index contributed by atoms with van der Waals surface area (Å²) in [5.74, 6) is -0.142. The number of carbonyl (C=O) groups excluding carboxylic acids is 1. The number of ether oxygens (including phenoxy) is 1. The maximum atomic E-state index is 11.5. The number of nitrogens with two attached hydrogens (primary N) is 1. The van der Waals surface area contributed by atoms with Crippen molar-refractivity contribution < 1.29 is 9.53 Å². The summed E-state index contributed by atoms with van der Waals surface area (Å²) in [6, 6.07) is 15.9. The summed E-state index contributed by atoms with van der Waals surface area (Å²) in [5.41, 5.74) is 7.43. The second kappa shape index (κ2) is 4.70. The molecular formula is C14H12NO2. The third-order valence-electron chi connectivity index (χ3n) is 2.50. The molecule has 0 aliphatic carbocycles. The minimum Gasteiger partial charge on any atom is -0.495 e. The number of hydrogen-bond donors (Lipinski definition) is 1. The Morgan fingerprint density at radius 1 is 1.24 bits per heavy atom. The molecule has 0 bridgehead atoms. The molecule has 3 nitrogen and oxygen atoms in total. The average molecular weight is 226 g/mol. The van der Waals surface area contributed by atoms with Gasteiger partial charge in [-0.2, -0.15) is 0 Å². The van der Waals surface area contributed by atoms with E-state index in [9.17, 15) is 4.79 Å². The molecule has 0 saturated heterocycles. The van der Waals surface area contributed by atoms with Gasteiger partial charge in [-0.05, 0) is 17.2 Å². The van der Waals surface area contributed by atoms with Crippen LogP contribution in [0.2, 0.25) is 0 Å². The van der Waals surface area contributed by atoms with Gasteiger partial charge in [0.15, 0.2) is 0 Å². The van der Waals surface area contributed by atoms with Gasteiger partial charge in [0.05, 0.1) is 12.7 Å². The molecule has 0 spiro atoms. The zero-order valence-corrected chi connectivity index (χ0v) is 9.44. The van der Waals surface area contributed by atoms with Crippen LogP contribution in [0.4, 0.5) is 0 Å². The second-order valence-electron chi connectivity index (χ2n) is 3.53. The van der Waals surface area contributed by atoms with Gasteiger partial charge in [0, 0.05) is 6.07 Å². The molecule has 0 aromatic heterocycles. The summed E-state index contributed by atoms with van der Waals surface area (Å²) >= 11 is 0. The van der Waals surface area contributed by atoms with Crippen molar-refractivity contribution in [2.45, 2.75) is 0 Å². The third-order valence-corrected chi connectivity index (χ3v) is 2.50. The fraction of sp³-hybridized carbons (Fsp3) is 0.0714. The number of benzene rings is 2. The molecule has 0 aliphatic heterocycles. The number of carbonyl (C=O) groups is 1. The van der Waals surface area contributed by atoms with Crippen LogP contribution < -0.4 is 10.5 Å². The van der Waals surface area contributed by atoms with E-state index in [2.05, 4.69) is 6.07 Å². The van der Waals surface area contributed by atoms with Gasteiger partial charge in [0.2, 0.25) is 0 Å². The van der Waals surface area contributed by atoms with Crippen molar-refractivity contribution in [2.75, 3.05) is 7.11 Å². The monoisotopic (exact) mass is 226 g/mol. The predicted molar refractivity (Wildman–Crippen MR) is 65.8 cm³/mol. The van der Waals surface area contributed by atoms with Gasteiger partial charge in [-0.15, -0.1) is 0 Å². The highest BCUT2D eigenvalue weighted by Crippen LogP contribution is 2.29. The fourth-order valence-corrected chi connectivity index (χ4v) is 1.74. The Kier molecular flexibility index (Phi) is 3.10. The van der Waals surface area contributed by atoms with Gasteiger partial charge in [-0.1, -0.05) is 36.4 Å². The lowest BCUT2D eigenvalue weighted by molar-refractivity contribution is 0.0998. The summed E-state index contributed by atoms with van der Waals surface area (Å²) in [5, 5.41) is 0. The molecule has 3 heteroatoms. The van der Waals surface area contributed by atoms with Crippen LogP contribution in [0.1, 0.15) is 10.4 Å². The molecule has 1 amide bonds. The van der Waals surface area contributed by atoms with Crippen LogP contribution in [0.3, 0.4) is 0 Å². The Labute approximate surface area is 99.8 Å². The molecule has 1 radical (unpaired) electrons. The fourth-order valence-electron chi connectivity index (χ4n) is 1.74. The lowest BCUT2D eigenvalue weighted by Gasteiger charge is -2.10. The van der Waals surface area contributed by atoms with Gasteiger partial charge < -0.3 is 10.5 Å². The van der Waals surface area contributed by atoms with Crippen molar-refractivity contribution in [3.8, 4) is 16.9 Å². The molecule has 0 atom stereocenters. The van der Waals surface area contributed by atoms with Gasteiger partial charge in [0.1, 0.15) is 5.75 Å². The van der Waals surface area contributed by atoms with Crippen LogP contribution in [0.5, 0.6) is 5.75 Å². The normalized spacial score (nSPS) is 9.94. The number of amides is 1. The van der Waals surface area contributed by atoms with Crippen molar-refractivity contribution in [1.82, 2.24) is 0 Å². The standard InChI is InChI=1S/C14H12NO2/c1-17-12-9-5-8-11(13(12)14(15)16)10-6-3-2-4-7-10/h2-8H,1H3,(H2,15,16). The smallest absolute Gasteiger partial charge is 0.253 e. The van der Waals surface area contributed by atoms with E-state index in [0.717, 1.165) is 11.1 Å². The Hall–Kier alpha value is -2.29. The maximum absolute atomic E-state index is 11.5. The molecule has 2 aromatic carbocycles. The minimum atomic E-state index is -0.516. The van der Waals surface area contributed by atoms with Gasteiger partial charge in [0.25, 0.3) is 5.91 Å². The summed E-state index contributed by atoms with van der Waals surface area (Å²) in [6.45, 7) is 0. The van der Waals surface area contributed by atoms with Gasteiger partial charge in [-0.3, -0.25) is 4.79 Å². The Morgan fingerprint density at radius 3 is 2.53 bits per heavy atom. The van der Waals surface area contributed by atoms with Crippen molar-refractivity contribution >= 4 is 5.91 Å². The minimum absolute atomic E-state index is 0.362. The second-order valence-corrected chi connectivity index (χ2v) is 3.53. The van der Waals surface area contributed by atoms with Crippen LogP contribution in [0.25, 0.3) is 11.1 Å². The predicted octanol–water partition coefficient (Wildman–Crippen LogP) is 2.26. The quantitative estimate of drug-likeness (QED) is 0.872. The summed E-state index contributed by atoms with van der Waals surface area (Å²) in [4.78, 5) is 11.5. The lowest BCUT2D eigenvalue weighted by atomic mass is 9.98. The van der Waals surface area contributed by atoms with Crippen molar-refractivity contribution in [1.29, 1.82) is 0 Å². The number of rotatable bonds is 3. The molecule has 0 aliphatic rings. The molecule has 2 N–H and O–H groups in total. The van der Waals surface area contributed by atoms with E-state index in [1.54, 1.807) is 12.1 Å². The van der Waals surface area contributed by atoms with Gasteiger partial charge >= 0.3 is 0 Å². The van der Waals surface area contributed by atoms with Crippen LogP contribution >= 0.6 is 0 Å². The van der Waals surface area contributed by atoms with Crippen LogP contribution in [0, 0.1) is 6.07 Å². The summed E-state index contributed by atoms with van der Waals surface area (Å²) in [6.07, 6.45) is 0. The SMILES string of the molecule is COc1[c]ccc(-c2ccccc2)c1C(N)=O. The van der Waals surface area contributed by atoms with E-state index in [1.807, 2.05) is 30.3 Å². The first kappa shape index (κ1) is 11.2. The van der Waals surface area contributed by atoms with Crippen molar-refractivity contribution in [3.63, 3.8) is 0 Å². The molecule has 0 saturated carbocycles. The van der Waals surface area contributed by atoms with Crippen molar-refractivity contribution in [2.24, 2.45) is 5.73 Å². The van der Waals surface area contributed by atoms with Gasteiger partial charge in [-0.25, -0.2) is 0 Å². The van der Waals surface area contributed by atoms with E-state index in [-0.39, 0.29) is 0 Å². The van der Waals surface area contributed by atoms with E-state index < -0.39 is 5.91 Å². The average Bonchev–Trinajstić information content (AvgIpc) is 2.38. The highest BCUT2D eigenvalue weighted by molar-refractivity contribution is 6.02. The van der Waals surface area contributed by atoms with E-state index >= 15 is 0 Å². The maximum Gasteiger partial charge on any atom is 0.253 e. The molecular weight excluding hydrogens is 214 g/mol. The highest BCUT2D eigenvalue weighted by Gasteiger charge is 2.15. The van der Waals surface area contributed by atoms with E-state index in [4.69, 9.17) is 10.5 Å². The highest BCUT2D eigenvalue weighted by atomic mass is 16.5. The first-order valence-corrected chi connectivity index (χ1v) is 5.18. The zero-order chi connectivity index (χ0) is 12.3. The van der Waals surface area contributed by atoms with Crippen LogP contribution in [-0.2, 0) is 0 Å². The number of primary amides is 1. The largest absolute Gasteiger partial charge is 0.495 e. The third kappa shape index (κ3) is 2.13. The lowest BCUT2D eigenvalue weighted by Crippen LogP contribution is -2.14. The molecule has 0 fully saturated rings. The summed E-state index contributed by atoms with van der Waals surface area (Å²) in [7, 11) is 1.49. The summed E-state index contributed by atoms with van der Waals surface area (Å²) < 4.78 is 5.11. The van der Waals surface area contributed by atoms with Crippen molar-refractivity contribution in [3.05, 3.63) is 54.1 Å². The Morgan fingerprint density at radius 2 is 1.94 bits per heavy atom. The van der Waals surface area contributed by atoms with E-state index in [0.29, 0.717) is 11.3 Å². The molecule has 0 unspecified atom stereocenters. The van der Waals surface area contributed by atoms with Crippen LogP contribution in [0.15, 0.2) is 42.5 Å². The molecule has 17 heavy (non-hydrogen) atoms. The zero-order valence-electron chi connectivity index (χ0n) is 9.44. The molecule has 0 heterocycles. The van der Waals surface area contributed by atoms with E-state index in [1.165, 1.54) is 7.11 Å². The molecule has 85 valence electrons. The van der Waals surface area contributed by atoms with Crippen LogP contribution in [-0.4, -0.2) is 13.0 Å². The number of methoxy groups -OCH3 is 1. The first-order valence-electron chi connectivity index (χ1n) is 5.18. The Bertz CT molecular complexity index is 535. The Balaban J connectivity index is 2.66. The topological polar surface area (TPSA) is 52.3 Å².